The van der Waals surface area contributed by atoms with Crippen molar-refractivity contribution >= 4 is 11.9 Å². The van der Waals surface area contributed by atoms with Crippen LogP contribution in [0.5, 0.6) is 5.75 Å². The van der Waals surface area contributed by atoms with E-state index >= 15 is 0 Å². The van der Waals surface area contributed by atoms with Crippen LogP contribution in [0.15, 0.2) is 24.3 Å². The molecule has 2 rings (SSSR count). The van der Waals surface area contributed by atoms with Gasteiger partial charge in [0.15, 0.2) is 6.61 Å². The molecule has 1 aromatic rings. The molecule has 0 aromatic heterocycles. The van der Waals surface area contributed by atoms with E-state index in [2.05, 4.69) is 19.2 Å². The van der Waals surface area contributed by atoms with E-state index in [1.807, 2.05) is 0 Å². The molecule has 1 fully saturated rings. The molecule has 0 saturated heterocycles. The van der Waals surface area contributed by atoms with Gasteiger partial charge in [-0.1, -0.05) is 33.1 Å². The molecule has 1 aliphatic rings. The van der Waals surface area contributed by atoms with Crippen LogP contribution in [0.1, 0.15) is 62.7 Å². The fourth-order valence-corrected chi connectivity index (χ4v) is 3.02. The van der Waals surface area contributed by atoms with Crippen molar-refractivity contribution in [2.45, 2.75) is 58.4 Å². The van der Waals surface area contributed by atoms with Gasteiger partial charge in [-0.05, 0) is 49.4 Å². The minimum atomic E-state index is -0.494. The summed E-state index contributed by atoms with van der Waals surface area (Å²) in [6.45, 7) is 4.69. The van der Waals surface area contributed by atoms with Crippen molar-refractivity contribution in [1.29, 1.82) is 0 Å². The number of nitrogens with one attached hydrogen (secondary N) is 1. The molecular formula is C20H29NO4. The number of esters is 1. The van der Waals surface area contributed by atoms with Crippen LogP contribution in [0, 0.1) is 5.92 Å². The topological polar surface area (TPSA) is 64.6 Å². The smallest absolute Gasteiger partial charge is 0.338 e. The Balaban J connectivity index is 1.74. The number of hydrogen-bond donors (Lipinski definition) is 1. The highest BCUT2D eigenvalue weighted by Gasteiger charge is 2.23. The molecule has 0 spiro atoms. The van der Waals surface area contributed by atoms with E-state index in [1.54, 1.807) is 24.3 Å². The Kier molecular flexibility index (Phi) is 7.76. The molecule has 25 heavy (non-hydrogen) atoms. The van der Waals surface area contributed by atoms with E-state index in [4.69, 9.17) is 9.47 Å². The van der Waals surface area contributed by atoms with Gasteiger partial charge in [-0.2, -0.15) is 0 Å². The predicted octanol–water partition coefficient (Wildman–Crippen LogP) is 3.72. The van der Waals surface area contributed by atoms with Crippen LogP contribution in [0.2, 0.25) is 0 Å². The van der Waals surface area contributed by atoms with Gasteiger partial charge in [0.1, 0.15) is 5.75 Å². The van der Waals surface area contributed by atoms with Gasteiger partial charge in [0, 0.05) is 6.04 Å². The van der Waals surface area contributed by atoms with E-state index < -0.39 is 5.97 Å². The Morgan fingerprint density at radius 3 is 2.56 bits per heavy atom. The first kappa shape index (κ1) is 19.3. The summed E-state index contributed by atoms with van der Waals surface area (Å²) in [6.07, 6.45) is 6.57. The molecule has 1 amide bonds. The van der Waals surface area contributed by atoms with Crippen LogP contribution < -0.4 is 10.1 Å². The highest BCUT2D eigenvalue weighted by atomic mass is 16.5. The largest absolute Gasteiger partial charge is 0.494 e. The molecule has 5 heteroatoms. The molecule has 1 aliphatic carbocycles. The molecule has 1 aromatic carbocycles. The maximum absolute atomic E-state index is 12.0. The van der Waals surface area contributed by atoms with Crippen molar-refractivity contribution in [2.75, 3.05) is 13.2 Å². The van der Waals surface area contributed by atoms with Gasteiger partial charge in [-0.15, -0.1) is 0 Å². The molecule has 5 nitrogen and oxygen atoms in total. The first-order valence-electron chi connectivity index (χ1n) is 9.29. The second-order valence-electron chi connectivity index (χ2n) is 6.74. The van der Waals surface area contributed by atoms with Gasteiger partial charge in [-0.3, -0.25) is 4.79 Å². The maximum Gasteiger partial charge on any atom is 0.338 e. The van der Waals surface area contributed by atoms with E-state index in [-0.39, 0.29) is 18.6 Å². The molecule has 0 aliphatic heterocycles. The Labute approximate surface area is 150 Å². The third-order valence-electron chi connectivity index (χ3n) is 4.65. The number of hydrogen-bond acceptors (Lipinski definition) is 4. The SMILES string of the molecule is CCCCOc1ccc(C(=O)OCC(=O)N[C@@H]2CCCC[C@H]2C)cc1. The molecule has 0 unspecified atom stereocenters. The summed E-state index contributed by atoms with van der Waals surface area (Å²) in [4.78, 5) is 24.0. The first-order valence-corrected chi connectivity index (χ1v) is 9.29. The van der Waals surface area contributed by atoms with Gasteiger partial charge in [0.05, 0.1) is 12.2 Å². The van der Waals surface area contributed by atoms with Crippen LogP contribution in [-0.2, 0) is 9.53 Å². The average molecular weight is 347 g/mol. The van der Waals surface area contributed by atoms with Gasteiger partial charge < -0.3 is 14.8 Å². The van der Waals surface area contributed by atoms with Crippen LogP contribution in [0.4, 0.5) is 0 Å². The van der Waals surface area contributed by atoms with Crippen molar-refractivity contribution in [3.63, 3.8) is 0 Å². The van der Waals surface area contributed by atoms with Gasteiger partial charge >= 0.3 is 5.97 Å². The normalized spacial score (nSPS) is 19.9. The standard InChI is InChI=1S/C20H29NO4/c1-3-4-13-24-17-11-9-16(10-12-17)20(23)25-14-19(22)21-18-8-6-5-7-15(18)2/h9-12,15,18H,3-8,13-14H2,1-2H3,(H,21,22)/t15-,18-/m1/s1. The minimum Gasteiger partial charge on any atom is -0.494 e. The van der Waals surface area contributed by atoms with Crippen molar-refractivity contribution in [2.24, 2.45) is 5.92 Å². The number of ether oxygens (including phenoxy) is 2. The zero-order valence-corrected chi connectivity index (χ0v) is 15.3. The Hall–Kier alpha value is -2.04. The quantitative estimate of drug-likeness (QED) is 0.575. The summed E-state index contributed by atoms with van der Waals surface area (Å²) in [5, 5.41) is 2.98. The van der Waals surface area contributed by atoms with Crippen LogP contribution >= 0.6 is 0 Å². The summed E-state index contributed by atoms with van der Waals surface area (Å²) in [6, 6.07) is 7.00. The predicted molar refractivity (Wildman–Crippen MR) is 96.7 cm³/mol. The van der Waals surface area contributed by atoms with Crippen molar-refractivity contribution < 1.29 is 19.1 Å². The second-order valence-corrected chi connectivity index (χ2v) is 6.74. The van der Waals surface area contributed by atoms with Crippen LogP contribution in [-0.4, -0.2) is 31.1 Å². The summed E-state index contributed by atoms with van der Waals surface area (Å²) >= 11 is 0. The van der Waals surface area contributed by atoms with E-state index in [9.17, 15) is 9.59 Å². The molecule has 1 saturated carbocycles. The van der Waals surface area contributed by atoms with Crippen LogP contribution in [0.25, 0.3) is 0 Å². The van der Waals surface area contributed by atoms with Gasteiger partial charge in [-0.25, -0.2) is 4.79 Å². The van der Waals surface area contributed by atoms with Crippen LogP contribution in [0.3, 0.4) is 0 Å². The Bertz CT molecular complexity index is 555. The fraction of sp³-hybridized carbons (Fsp3) is 0.600. The van der Waals surface area contributed by atoms with Crippen molar-refractivity contribution in [3.8, 4) is 5.75 Å². The van der Waals surface area contributed by atoms with Crippen molar-refractivity contribution in [1.82, 2.24) is 5.32 Å². The van der Waals surface area contributed by atoms with Gasteiger partial charge in [0.2, 0.25) is 0 Å². The molecule has 138 valence electrons. The molecule has 0 heterocycles. The number of carbonyl (C=O) groups excluding carboxylic acids is 2. The zero-order chi connectivity index (χ0) is 18.1. The number of rotatable bonds is 8. The lowest BCUT2D eigenvalue weighted by Gasteiger charge is -2.29. The van der Waals surface area contributed by atoms with E-state index in [0.29, 0.717) is 18.1 Å². The lowest BCUT2D eigenvalue weighted by molar-refractivity contribution is -0.125. The lowest BCUT2D eigenvalue weighted by atomic mass is 9.86. The molecule has 2 atom stereocenters. The maximum atomic E-state index is 12.0. The molecular weight excluding hydrogens is 318 g/mol. The Morgan fingerprint density at radius 1 is 1.16 bits per heavy atom. The number of amides is 1. The molecule has 0 bridgehead atoms. The third kappa shape index (κ3) is 6.40. The Morgan fingerprint density at radius 2 is 1.88 bits per heavy atom. The van der Waals surface area contributed by atoms with Crippen molar-refractivity contribution in [3.05, 3.63) is 29.8 Å². The summed E-state index contributed by atoms with van der Waals surface area (Å²) < 4.78 is 10.7. The fourth-order valence-electron chi connectivity index (χ4n) is 3.02. The summed E-state index contributed by atoms with van der Waals surface area (Å²) in [7, 11) is 0. The first-order chi connectivity index (χ1) is 12.1. The van der Waals surface area contributed by atoms with E-state index in [0.717, 1.165) is 37.9 Å². The third-order valence-corrected chi connectivity index (χ3v) is 4.65. The highest BCUT2D eigenvalue weighted by Crippen LogP contribution is 2.23. The molecule has 0 radical (unpaired) electrons. The lowest BCUT2D eigenvalue weighted by Crippen LogP contribution is -2.42. The monoisotopic (exact) mass is 347 g/mol. The second kappa shape index (κ2) is 10.1. The van der Waals surface area contributed by atoms with Gasteiger partial charge in [0.25, 0.3) is 5.91 Å². The number of unbranched alkanes of at least 4 members (excludes halogenated alkanes) is 1. The van der Waals surface area contributed by atoms with E-state index in [1.165, 1.54) is 6.42 Å². The molecule has 1 N–H and O–H groups in total. The number of benzene rings is 1. The highest BCUT2D eigenvalue weighted by molar-refractivity contribution is 5.91. The zero-order valence-electron chi connectivity index (χ0n) is 15.3. The average Bonchev–Trinajstić information content (AvgIpc) is 2.62. The summed E-state index contributed by atoms with van der Waals surface area (Å²) in [5.41, 5.74) is 0.418. The minimum absolute atomic E-state index is 0.194. The number of carbonyl (C=O) groups is 2. The summed E-state index contributed by atoms with van der Waals surface area (Å²) in [5.74, 6) is 0.487.